The maximum Gasteiger partial charge on any atom is 0.185 e. The molecule has 0 heterocycles. The summed E-state index contributed by atoms with van der Waals surface area (Å²) in [5, 5.41) is 20.3. The third kappa shape index (κ3) is 4.64. The molecule has 2 atom stereocenters. The Morgan fingerprint density at radius 1 is 1.21 bits per heavy atom. The number of aliphatic hydroxyl groups excluding tert-OH is 2. The molecule has 0 saturated heterocycles. The number of carbonyl (C=O) groups excluding carboxylic acids is 1. The van der Waals surface area contributed by atoms with E-state index >= 15 is 0 Å². The first-order valence-corrected chi connectivity index (χ1v) is 7.38. The van der Waals surface area contributed by atoms with E-state index in [0.717, 1.165) is 22.3 Å². The van der Waals surface area contributed by atoms with Crippen LogP contribution < -0.4 is 0 Å². The van der Waals surface area contributed by atoms with Crippen molar-refractivity contribution in [2.24, 2.45) is 0 Å². The summed E-state index contributed by atoms with van der Waals surface area (Å²) in [5.41, 5.74) is 3.92. The number of rotatable bonds is 5. The second-order valence-electron chi connectivity index (χ2n) is 4.95. The first-order chi connectivity index (χ1) is 8.82. The van der Waals surface area contributed by atoms with Crippen LogP contribution in [0.2, 0.25) is 0 Å². The molecule has 2 unspecified atom stereocenters. The van der Waals surface area contributed by atoms with Crippen LogP contribution in [0.4, 0.5) is 0 Å². The summed E-state index contributed by atoms with van der Waals surface area (Å²) >= 11 is 1.17. The minimum Gasteiger partial charge on any atom is -0.390 e. The van der Waals surface area contributed by atoms with Crippen molar-refractivity contribution in [1.82, 2.24) is 0 Å². The van der Waals surface area contributed by atoms with Gasteiger partial charge in [-0.15, -0.1) is 0 Å². The van der Waals surface area contributed by atoms with Gasteiger partial charge in [0.1, 0.15) is 6.10 Å². The van der Waals surface area contributed by atoms with E-state index in [1.807, 2.05) is 32.9 Å². The van der Waals surface area contributed by atoms with Gasteiger partial charge in [0.05, 0.1) is 6.10 Å². The summed E-state index contributed by atoms with van der Waals surface area (Å²) in [4.78, 5) is 10.8. The quantitative estimate of drug-likeness (QED) is 0.872. The highest BCUT2D eigenvalue weighted by molar-refractivity contribution is 8.13. The van der Waals surface area contributed by atoms with E-state index in [0.29, 0.717) is 12.2 Å². The average Bonchev–Trinajstić information content (AvgIpc) is 2.26. The van der Waals surface area contributed by atoms with E-state index in [-0.39, 0.29) is 5.12 Å². The van der Waals surface area contributed by atoms with Gasteiger partial charge in [0, 0.05) is 12.7 Å². The molecule has 1 aromatic carbocycles. The predicted molar refractivity (Wildman–Crippen MR) is 79.4 cm³/mol. The average molecular weight is 282 g/mol. The van der Waals surface area contributed by atoms with E-state index in [4.69, 9.17) is 0 Å². The van der Waals surface area contributed by atoms with Gasteiger partial charge in [0.15, 0.2) is 5.12 Å². The van der Waals surface area contributed by atoms with Crippen LogP contribution in [0.1, 0.15) is 41.7 Å². The van der Waals surface area contributed by atoms with Crippen LogP contribution in [0, 0.1) is 20.8 Å². The van der Waals surface area contributed by atoms with Gasteiger partial charge in [-0.1, -0.05) is 29.5 Å². The highest BCUT2D eigenvalue weighted by atomic mass is 32.2. The highest BCUT2D eigenvalue weighted by Gasteiger charge is 2.21. The minimum atomic E-state index is -0.895. The third-order valence-electron chi connectivity index (χ3n) is 3.12. The monoisotopic (exact) mass is 282 g/mol. The summed E-state index contributed by atoms with van der Waals surface area (Å²) < 4.78 is 0. The second kappa shape index (κ2) is 7.08. The van der Waals surface area contributed by atoms with Crippen molar-refractivity contribution in [2.45, 2.75) is 46.3 Å². The molecule has 1 aromatic rings. The molecule has 0 saturated carbocycles. The topological polar surface area (TPSA) is 57.5 Å². The van der Waals surface area contributed by atoms with Gasteiger partial charge in [-0.05, 0) is 43.9 Å². The van der Waals surface area contributed by atoms with E-state index in [1.54, 1.807) is 0 Å². The summed E-state index contributed by atoms with van der Waals surface area (Å²) in [7, 11) is 0. The fraction of sp³-hybridized carbons (Fsp3) is 0.533. The third-order valence-corrected chi connectivity index (χ3v) is 3.96. The Bertz CT molecular complexity index is 434. The van der Waals surface area contributed by atoms with Crippen LogP contribution in [0.3, 0.4) is 0 Å². The summed E-state index contributed by atoms with van der Waals surface area (Å²) in [6.07, 6.45) is -1.34. The Balaban J connectivity index is 2.76. The number of aryl methyl sites for hydroxylation is 3. The normalized spacial score (nSPS) is 14.2. The fourth-order valence-corrected chi connectivity index (χ4v) is 2.98. The lowest BCUT2D eigenvalue weighted by molar-refractivity contribution is -0.109. The molecular weight excluding hydrogens is 260 g/mol. The van der Waals surface area contributed by atoms with Crippen molar-refractivity contribution in [1.29, 1.82) is 0 Å². The lowest BCUT2D eigenvalue weighted by Gasteiger charge is -2.22. The molecule has 0 aliphatic rings. The summed E-state index contributed by atoms with van der Waals surface area (Å²) in [5.74, 6) is 0.525. The Morgan fingerprint density at radius 3 is 2.21 bits per heavy atom. The van der Waals surface area contributed by atoms with Gasteiger partial charge >= 0.3 is 0 Å². The van der Waals surface area contributed by atoms with Gasteiger partial charge in [-0.3, -0.25) is 4.79 Å². The van der Waals surface area contributed by atoms with Crippen LogP contribution in [0.25, 0.3) is 0 Å². The van der Waals surface area contributed by atoms with Gasteiger partial charge < -0.3 is 10.2 Å². The molecule has 2 N–H and O–H groups in total. The fourth-order valence-electron chi connectivity index (χ4n) is 2.33. The van der Waals surface area contributed by atoms with Gasteiger partial charge in [0.25, 0.3) is 0 Å². The Labute approximate surface area is 119 Å². The number of carbonyl (C=O) groups is 1. The molecule has 1 rings (SSSR count). The highest BCUT2D eigenvalue weighted by Crippen LogP contribution is 2.27. The molecule has 0 spiro atoms. The molecule has 106 valence electrons. The molecule has 4 heteroatoms. The smallest absolute Gasteiger partial charge is 0.185 e. The zero-order valence-corrected chi connectivity index (χ0v) is 12.8. The first kappa shape index (κ1) is 16.2. The molecule has 0 aliphatic carbocycles. The largest absolute Gasteiger partial charge is 0.390 e. The van der Waals surface area contributed by atoms with Crippen molar-refractivity contribution < 1.29 is 15.0 Å². The van der Waals surface area contributed by atoms with Crippen molar-refractivity contribution in [3.05, 3.63) is 34.4 Å². The SMILES string of the molecule is CC(=O)SCCC(O)C(O)c1c(C)cc(C)cc1C. The standard InChI is InChI=1S/C15H22O3S/c1-9-7-10(2)14(11(3)8-9)15(18)13(17)5-6-19-12(4)16/h7-8,13,15,17-18H,5-6H2,1-4H3. The van der Waals surface area contributed by atoms with Crippen molar-refractivity contribution >= 4 is 16.9 Å². The number of aliphatic hydroxyl groups is 2. The Kier molecular flexibility index (Phi) is 6.04. The van der Waals surface area contributed by atoms with Gasteiger partial charge in [-0.25, -0.2) is 0 Å². The second-order valence-corrected chi connectivity index (χ2v) is 6.23. The van der Waals surface area contributed by atoms with E-state index in [1.165, 1.54) is 18.7 Å². The summed E-state index contributed by atoms with van der Waals surface area (Å²) in [6.45, 7) is 7.39. The first-order valence-electron chi connectivity index (χ1n) is 6.40. The van der Waals surface area contributed by atoms with Gasteiger partial charge in [0.2, 0.25) is 0 Å². The molecule has 19 heavy (non-hydrogen) atoms. The van der Waals surface area contributed by atoms with Crippen molar-refractivity contribution in [3.63, 3.8) is 0 Å². The molecule has 0 fully saturated rings. The van der Waals surface area contributed by atoms with Crippen LogP contribution in [0.15, 0.2) is 12.1 Å². The number of benzene rings is 1. The molecule has 0 aliphatic heterocycles. The Hall–Kier alpha value is -0.840. The summed E-state index contributed by atoms with van der Waals surface area (Å²) in [6, 6.07) is 4.01. The molecule has 0 amide bonds. The molecule has 3 nitrogen and oxygen atoms in total. The predicted octanol–water partition coefficient (Wildman–Crippen LogP) is 2.68. The number of thioether (sulfide) groups is 1. The lowest BCUT2D eigenvalue weighted by Crippen LogP contribution is -2.21. The van der Waals surface area contributed by atoms with Crippen molar-refractivity contribution in [2.75, 3.05) is 5.75 Å². The maximum atomic E-state index is 10.8. The van der Waals surface area contributed by atoms with E-state index in [2.05, 4.69) is 0 Å². The number of hydrogen-bond donors (Lipinski definition) is 2. The molecule has 0 bridgehead atoms. The maximum absolute atomic E-state index is 10.8. The van der Waals surface area contributed by atoms with Gasteiger partial charge in [-0.2, -0.15) is 0 Å². The Morgan fingerprint density at radius 2 is 1.74 bits per heavy atom. The van der Waals surface area contributed by atoms with Crippen LogP contribution in [-0.2, 0) is 4.79 Å². The van der Waals surface area contributed by atoms with E-state index < -0.39 is 12.2 Å². The zero-order valence-electron chi connectivity index (χ0n) is 11.9. The van der Waals surface area contributed by atoms with Crippen LogP contribution >= 0.6 is 11.8 Å². The molecular formula is C15H22O3S. The van der Waals surface area contributed by atoms with Crippen molar-refractivity contribution in [3.8, 4) is 0 Å². The van der Waals surface area contributed by atoms with Crippen LogP contribution in [-0.4, -0.2) is 27.2 Å². The zero-order chi connectivity index (χ0) is 14.6. The molecule has 0 radical (unpaired) electrons. The van der Waals surface area contributed by atoms with Crippen LogP contribution in [0.5, 0.6) is 0 Å². The van der Waals surface area contributed by atoms with E-state index in [9.17, 15) is 15.0 Å². The lowest BCUT2D eigenvalue weighted by atomic mass is 9.92. The minimum absolute atomic E-state index is 0.0318. The number of hydrogen-bond acceptors (Lipinski definition) is 4. The molecule has 0 aromatic heterocycles.